The summed E-state index contributed by atoms with van der Waals surface area (Å²) in [4.78, 5) is 30.0. The van der Waals surface area contributed by atoms with Crippen molar-refractivity contribution < 1.29 is 14.3 Å². The van der Waals surface area contributed by atoms with Crippen LogP contribution >= 0.6 is 0 Å². The maximum Gasteiger partial charge on any atom is 0.410 e. The summed E-state index contributed by atoms with van der Waals surface area (Å²) in [5, 5.41) is 3.01. The SMILES string of the molecule is Cc1cncc(C(=O)NC2CCN(C(=O)OC(C)(C)C)CC2)c1. The Morgan fingerprint density at radius 2 is 1.91 bits per heavy atom. The molecular weight excluding hydrogens is 294 g/mol. The Balaban J connectivity index is 1.83. The van der Waals surface area contributed by atoms with E-state index in [1.165, 1.54) is 0 Å². The average molecular weight is 319 g/mol. The summed E-state index contributed by atoms with van der Waals surface area (Å²) in [5.41, 5.74) is 1.04. The Morgan fingerprint density at radius 3 is 2.48 bits per heavy atom. The second-order valence-corrected chi connectivity index (χ2v) is 6.97. The van der Waals surface area contributed by atoms with Crippen LogP contribution in [0.15, 0.2) is 18.5 Å². The van der Waals surface area contributed by atoms with Crippen LogP contribution in [0.25, 0.3) is 0 Å². The van der Waals surface area contributed by atoms with Crippen molar-refractivity contribution in [3.8, 4) is 0 Å². The number of aromatic nitrogens is 1. The number of nitrogens with zero attached hydrogens (tertiary/aromatic N) is 2. The molecule has 0 saturated carbocycles. The molecule has 126 valence electrons. The molecule has 1 aromatic heterocycles. The zero-order chi connectivity index (χ0) is 17.0. The fourth-order valence-corrected chi connectivity index (χ4v) is 2.48. The number of rotatable bonds is 2. The molecule has 2 amide bonds. The van der Waals surface area contributed by atoms with Crippen molar-refractivity contribution in [2.45, 2.75) is 52.2 Å². The Hall–Kier alpha value is -2.11. The topological polar surface area (TPSA) is 71.5 Å². The van der Waals surface area contributed by atoms with Crippen molar-refractivity contribution >= 4 is 12.0 Å². The molecule has 1 aromatic rings. The minimum atomic E-state index is -0.486. The van der Waals surface area contributed by atoms with Gasteiger partial charge in [0, 0.05) is 31.5 Å². The van der Waals surface area contributed by atoms with E-state index in [4.69, 9.17) is 4.74 Å². The molecule has 0 spiro atoms. The minimum absolute atomic E-state index is 0.0710. The summed E-state index contributed by atoms with van der Waals surface area (Å²) in [5.74, 6) is -0.114. The molecule has 23 heavy (non-hydrogen) atoms. The van der Waals surface area contributed by atoms with Crippen LogP contribution in [-0.2, 0) is 4.74 Å². The lowest BCUT2D eigenvalue weighted by molar-refractivity contribution is 0.0199. The quantitative estimate of drug-likeness (QED) is 0.909. The molecule has 2 rings (SSSR count). The number of nitrogens with one attached hydrogen (secondary N) is 1. The van der Waals surface area contributed by atoms with E-state index in [2.05, 4.69) is 10.3 Å². The smallest absolute Gasteiger partial charge is 0.410 e. The van der Waals surface area contributed by atoms with Gasteiger partial charge in [0.1, 0.15) is 5.60 Å². The molecule has 1 N–H and O–H groups in total. The van der Waals surface area contributed by atoms with Crippen LogP contribution in [-0.4, -0.2) is 46.6 Å². The lowest BCUT2D eigenvalue weighted by Gasteiger charge is -2.33. The lowest BCUT2D eigenvalue weighted by atomic mass is 10.0. The molecule has 1 aliphatic rings. The number of likely N-dealkylation sites (tertiary alicyclic amines) is 1. The predicted octanol–water partition coefficient (Wildman–Crippen LogP) is 2.52. The highest BCUT2D eigenvalue weighted by Crippen LogP contribution is 2.16. The van der Waals surface area contributed by atoms with Crippen LogP contribution in [0.5, 0.6) is 0 Å². The number of carbonyl (C=O) groups is 2. The monoisotopic (exact) mass is 319 g/mol. The van der Waals surface area contributed by atoms with E-state index in [1.807, 2.05) is 33.8 Å². The van der Waals surface area contributed by atoms with Crippen molar-refractivity contribution in [1.29, 1.82) is 0 Å². The number of hydrogen-bond donors (Lipinski definition) is 1. The molecule has 6 nitrogen and oxygen atoms in total. The molecule has 1 saturated heterocycles. The maximum absolute atomic E-state index is 12.2. The van der Waals surface area contributed by atoms with Gasteiger partial charge in [0.05, 0.1) is 5.56 Å². The van der Waals surface area contributed by atoms with Gasteiger partial charge in [-0.15, -0.1) is 0 Å². The molecule has 0 unspecified atom stereocenters. The highest BCUT2D eigenvalue weighted by Gasteiger charge is 2.27. The first-order valence-corrected chi connectivity index (χ1v) is 7.95. The Morgan fingerprint density at radius 1 is 1.26 bits per heavy atom. The molecule has 0 aromatic carbocycles. The van der Waals surface area contributed by atoms with E-state index >= 15 is 0 Å². The molecule has 1 aliphatic heterocycles. The van der Waals surface area contributed by atoms with Gasteiger partial charge in [0.2, 0.25) is 0 Å². The second kappa shape index (κ2) is 6.98. The summed E-state index contributed by atoms with van der Waals surface area (Å²) < 4.78 is 5.37. The number of pyridine rings is 1. The van der Waals surface area contributed by atoms with Crippen molar-refractivity contribution in [3.63, 3.8) is 0 Å². The number of aryl methyl sites for hydroxylation is 1. The van der Waals surface area contributed by atoms with Crippen LogP contribution in [0, 0.1) is 6.92 Å². The van der Waals surface area contributed by atoms with Crippen LogP contribution in [0.1, 0.15) is 49.5 Å². The highest BCUT2D eigenvalue weighted by atomic mass is 16.6. The molecular formula is C17H25N3O3. The van der Waals surface area contributed by atoms with Gasteiger partial charge in [-0.3, -0.25) is 9.78 Å². The van der Waals surface area contributed by atoms with E-state index in [1.54, 1.807) is 17.3 Å². The van der Waals surface area contributed by atoms with Gasteiger partial charge in [-0.25, -0.2) is 4.79 Å². The van der Waals surface area contributed by atoms with E-state index in [-0.39, 0.29) is 18.0 Å². The van der Waals surface area contributed by atoms with Gasteiger partial charge in [-0.05, 0) is 52.2 Å². The zero-order valence-electron chi connectivity index (χ0n) is 14.3. The third-order valence-corrected chi connectivity index (χ3v) is 3.62. The Kier molecular flexibility index (Phi) is 5.23. The van der Waals surface area contributed by atoms with Gasteiger partial charge < -0.3 is 15.0 Å². The number of amides is 2. The van der Waals surface area contributed by atoms with Crippen LogP contribution in [0.4, 0.5) is 4.79 Å². The van der Waals surface area contributed by atoms with Gasteiger partial charge in [0.15, 0.2) is 0 Å². The number of hydrogen-bond acceptors (Lipinski definition) is 4. The molecule has 1 fully saturated rings. The normalized spacial score (nSPS) is 16.1. The first kappa shape index (κ1) is 17.2. The number of ether oxygens (including phenoxy) is 1. The van der Waals surface area contributed by atoms with Crippen LogP contribution < -0.4 is 5.32 Å². The third kappa shape index (κ3) is 5.23. The average Bonchev–Trinajstić information content (AvgIpc) is 2.46. The summed E-state index contributed by atoms with van der Waals surface area (Å²) in [6.45, 7) is 8.65. The summed E-state index contributed by atoms with van der Waals surface area (Å²) in [6.07, 6.45) is 4.45. The fourth-order valence-electron chi connectivity index (χ4n) is 2.48. The first-order valence-electron chi connectivity index (χ1n) is 7.95. The standard InChI is InChI=1S/C17H25N3O3/c1-12-9-13(11-18-10-12)15(21)19-14-5-7-20(8-6-14)16(22)23-17(2,3)4/h9-11,14H,5-8H2,1-4H3,(H,19,21). The van der Waals surface area contributed by atoms with Crippen molar-refractivity contribution in [1.82, 2.24) is 15.2 Å². The fraction of sp³-hybridized carbons (Fsp3) is 0.588. The first-order chi connectivity index (χ1) is 10.7. The van der Waals surface area contributed by atoms with Crippen molar-refractivity contribution in [2.24, 2.45) is 0 Å². The highest BCUT2D eigenvalue weighted by molar-refractivity contribution is 5.94. The predicted molar refractivity (Wildman–Crippen MR) is 87.3 cm³/mol. The van der Waals surface area contributed by atoms with Crippen molar-refractivity contribution in [2.75, 3.05) is 13.1 Å². The summed E-state index contributed by atoms with van der Waals surface area (Å²) in [6, 6.07) is 1.89. The molecule has 6 heteroatoms. The number of carbonyl (C=O) groups excluding carboxylic acids is 2. The van der Waals surface area contributed by atoms with Crippen molar-refractivity contribution in [3.05, 3.63) is 29.6 Å². The lowest BCUT2D eigenvalue weighted by Crippen LogP contribution is -2.47. The van der Waals surface area contributed by atoms with E-state index in [0.29, 0.717) is 18.7 Å². The van der Waals surface area contributed by atoms with Gasteiger partial charge in [-0.2, -0.15) is 0 Å². The second-order valence-electron chi connectivity index (χ2n) is 6.97. The van der Waals surface area contributed by atoms with E-state index < -0.39 is 5.60 Å². The minimum Gasteiger partial charge on any atom is -0.444 e. The molecule has 0 bridgehead atoms. The Labute approximate surface area is 137 Å². The largest absolute Gasteiger partial charge is 0.444 e. The zero-order valence-corrected chi connectivity index (χ0v) is 14.3. The Bertz CT molecular complexity index is 573. The molecule has 0 atom stereocenters. The third-order valence-electron chi connectivity index (χ3n) is 3.62. The van der Waals surface area contributed by atoms with E-state index in [0.717, 1.165) is 18.4 Å². The van der Waals surface area contributed by atoms with E-state index in [9.17, 15) is 9.59 Å². The maximum atomic E-state index is 12.2. The van der Waals surface area contributed by atoms with Crippen LogP contribution in [0.2, 0.25) is 0 Å². The summed E-state index contributed by atoms with van der Waals surface area (Å²) in [7, 11) is 0. The number of piperidine rings is 1. The van der Waals surface area contributed by atoms with Crippen LogP contribution in [0.3, 0.4) is 0 Å². The van der Waals surface area contributed by atoms with Gasteiger partial charge in [-0.1, -0.05) is 0 Å². The molecule has 0 radical (unpaired) electrons. The van der Waals surface area contributed by atoms with Gasteiger partial charge >= 0.3 is 6.09 Å². The summed E-state index contributed by atoms with van der Waals surface area (Å²) >= 11 is 0. The van der Waals surface area contributed by atoms with Gasteiger partial charge in [0.25, 0.3) is 5.91 Å². The molecule has 2 heterocycles. The molecule has 0 aliphatic carbocycles.